The molecular weight excluding hydrogens is 444 g/mol. The van der Waals surface area contributed by atoms with E-state index in [-0.39, 0.29) is 25.2 Å². The van der Waals surface area contributed by atoms with Gasteiger partial charge in [-0.15, -0.1) is 0 Å². The van der Waals surface area contributed by atoms with Gasteiger partial charge in [0.15, 0.2) is 6.10 Å². The first kappa shape index (κ1) is 33.1. The van der Waals surface area contributed by atoms with E-state index in [1.807, 2.05) is 18.2 Å². The first-order chi connectivity index (χ1) is 17.0. The number of esters is 2. The second-order valence-electron chi connectivity index (χ2n) is 8.94. The predicted octanol–water partition coefficient (Wildman–Crippen LogP) is 6.35. The van der Waals surface area contributed by atoms with Crippen molar-refractivity contribution in [1.29, 1.82) is 0 Å². The Bertz CT molecular complexity index is 596. The Morgan fingerprint density at radius 2 is 1.46 bits per heavy atom. The molecule has 0 aromatic rings. The van der Waals surface area contributed by atoms with E-state index >= 15 is 0 Å². The van der Waals surface area contributed by atoms with E-state index in [4.69, 9.17) is 9.47 Å². The Kier molecular flexibility index (Phi) is 23.8. The number of allylic oxidation sites excluding steroid dienone is 4. The fourth-order valence-electron chi connectivity index (χ4n) is 3.41. The Morgan fingerprint density at radius 1 is 0.800 bits per heavy atom. The van der Waals surface area contributed by atoms with Crippen LogP contribution in [0.5, 0.6) is 0 Å². The van der Waals surface area contributed by atoms with Crippen LogP contribution in [0.15, 0.2) is 36.5 Å². The van der Waals surface area contributed by atoms with Crippen molar-refractivity contribution in [3.05, 3.63) is 36.5 Å². The van der Waals surface area contributed by atoms with Gasteiger partial charge in [-0.3, -0.25) is 9.59 Å². The number of hydrogen-bond acceptors (Lipinski definition) is 6. The topological polar surface area (TPSA) is 93.1 Å². The lowest BCUT2D eigenvalue weighted by Gasteiger charge is -2.15. The highest BCUT2D eigenvalue weighted by Crippen LogP contribution is 2.10. The first-order valence-electron chi connectivity index (χ1n) is 13.7. The summed E-state index contributed by atoms with van der Waals surface area (Å²) in [6.45, 7) is 3.78. The monoisotopic (exact) mass is 494 g/mol. The molecule has 0 aromatic carbocycles. The third kappa shape index (κ3) is 23.6. The summed E-state index contributed by atoms with van der Waals surface area (Å²) in [4.78, 5) is 23.7. The fraction of sp³-hybridized carbons (Fsp3) is 0.724. The van der Waals surface area contributed by atoms with Gasteiger partial charge in [0.25, 0.3) is 0 Å². The Hall–Kier alpha value is -1.92. The van der Waals surface area contributed by atoms with E-state index < -0.39 is 12.2 Å². The molecule has 1 unspecified atom stereocenters. The summed E-state index contributed by atoms with van der Waals surface area (Å²) in [6.07, 6.45) is 24.1. The molecule has 0 aliphatic rings. The molecule has 2 atom stereocenters. The Morgan fingerprint density at radius 3 is 2.14 bits per heavy atom. The molecule has 202 valence electrons. The molecule has 0 amide bonds. The molecule has 6 nitrogen and oxygen atoms in total. The average Bonchev–Trinajstić information content (AvgIpc) is 2.85. The number of ether oxygens (including phenoxy) is 2. The van der Waals surface area contributed by atoms with Crippen LogP contribution in [0.2, 0.25) is 0 Å². The van der Waals surface area contributed by atoms with Gasteiger partial charge < -0.3 is 19.7 Å². The lowest BCUT2D eigenvalue weighted by atomic mass is 10.1. The van der Waals surface area contributed by atoms with Crippen molar-refractivity contribution in [1.82, 2.24) is 0 Å². The Labute approximate surface area is 213 Å². The number of hydrogen-bond donors (Lipinski definition) is 2. The van der Waals surface area contributed by atoms with Crippen molar-refractivity contribution < 1.29 is 29.3 Å². The minimum atomic E-state index is -0.790. The van der Waals surface area contributed by atoms with E-state index in [9.17, 15) is 19.8 Å². The molecule has 0 aliphatic carbocycles. The van der Waals surface area contributed by atoms with E-state index in [1.165, 1.54) is 6.42 Å². The fourth-order valence-corrected chi connectivity index (χ4v) is 3.41. The van der Waals surface area contributed by atoms with Crippen LogP contribution < -0.4 is 0 Å². The van der Waals surface area contributed by atoms with Crippen molar-refractivity contribution in [3.8, 4) is 0 Å². The molecule has 0 aromatic heterocycles. The number of aliphatic hydroxyl groups is 2. The van der Waals surface area contributed by atoms with Gasteiger partial charge in [0.05, 0.1) is 12.7 Å². The predicted molar refractivity (Wildman–Crippen MR) is 142 cm³/mol. The number of carbonyl (C=O) groups is 2. The Balaban J connectivity index is 3.72. The molecule has 2 N–H and O–H groups in total. The SMILES string of the molecule is CC/C=C/CC(O)/C=C/C=C/CCCCCCCC(=O)O[C@@H](CO)COC(=O)CCCCCCC. The van der Waals surface area contributed by atoms with Crippen molar-refractivity contribution in [2.24, 2.45) is 0 Å². The normalized spacial score (nSPS) is 13.6. The third-order valence-electron chi connectivity index (χ3n) is 5.53. The minimum Gasteiger partial charge on any atom is -0.462 e. The average molecular weight is 495 g/mol. The molecule has 0 fully saturated rings. The lowest BCUT2D eigenvalue weighted by Crippen LogP contribution is -2.28. The zero-order valence-corrected chi connectivity index (χ0v) is 22.2. The highest BCUT2D eigenvalue weighted by Gasteiger charge is 2.16. The van der Waals surface area contributed by atoms with Crippen LogP contribution in [0.1, 0.15) is 110 Å². The standard InChI is InChI=1S/C29H50O6/c1-3-5-7-13-18-22-28(32)34-25-27(24-30)35-29(33)23-19-15-12-10-8-9-11-14-17-21-26(31)20-16-6-4-2/h6,11,14,16-17,21,26-27,30-31H,3-5,7-10,12-13,15,18-20,22-25H2,1-2H3/b14-11+,16-6+,21-17+/t26?,27-/m0/s1. The summed E-state index contributed by atoms with van der Waals surface area (Å²) in [5.41, 5.74) is 0. The summed E-state index contributed by atoms with van der Waals surface area (Å²) < 4.78 is 10.4. The maximum Gasteiger partial charge on any atom is 0.306 e. The zero-order valence-electron chi connectivity index (χ0n) is 22.2. The molecule has 0 saturated heterocycles. The number of aliphatic hydroxyl groups excluding tert-OH is 2. The highest BCUT2D eigenvalue weighted by molar-refractivity contribution is 5.70. The van der Waals surface area contributed by atoms with Gasteiger partial charge in [-0.2, -0.15) is 0 Å². The molecule has 35 heavy (non-hydrogen) atoms. The maximum absolute atomic E-state index is 12.0. The summed E-state index contributed by atoms with van der Waals surface area (Å²) in [7, 11) is 0. The number of unbranched alkanes of at least 4 members (excludes halogenated alkanes) is 9. The summed E-state index contributed by atoms with van der Waals surface area (Å²) in [5, 5.41) is 19.1. The summed E-state index contributed by atoms with van der Waals surface area (Å²) in [6, 6.07) is 0. The van der Waals surface area contributed by atoms with Gasteiger partial charge in [0, 0.05) is 12.8 Å². The van der Waals surface area contributed by atoms with Gasteiger partial charge in [-0.05, 0) is 38.5 Å². The quantitative estimate of drug-likeness (QED) is 0.0743. The molecule has 0 bridgehead atoms. The highest BCUT2D eigenvalue weighted by atomic mass is 16.6. The largest absolute Gasteiger partial charge is 0.462 e. The molecule has 0 heterocycles. The molecule has 6 heteroatoms. The van der Waals surface area contributed by atoms with Crippen LogP contribution in [0.25, 0.3) is 0 Å². The minimum absolute atomic E-state index is 0.0897. The van der Waals surface area contributed by atoms with Crippen LogP contribution >= 0.6 is 0 Å². The zero-order chi connectivity index (χ0) is 26.0. The number of carbonyl (C=O) groups excluding carboxylic acids is 2. The van der Waals surface area contributed by atoms with Crippen molar-refractivity contribution in [2.75, 3.05) is 13.2 Å². The molecule has 0 radical (unpaired) electrons. The van der Waals surface area contributed by atoms with Crippen LogP contribution in [0.4, 0.5) is 0 Å². The summed E-state index contributed by atoms with van der Waals surface area (Å²) in [5.74, 6) is -0.666. The van der Waals surface area contributed by atoms with Crippen LogP contribution in [0.3, 0.4) is 0 Å². The second-order valence-corrected chi connectivity index (χ2v) is 8.94. The smallest absolute Gasteiger partial charge is 0.306 e. The number of rotatable bonds is 23. The molecule has 0 saturated carbocycles. The molecule has 0 spiro atoms. The van der Waals surface area contributed by atoms with Crippen LogP contribution in [-0.4, -0.2) is 47.6 Å². The second kappa shape index (κ2) is 25.2. The van der Waals surface area contributed by atoms with Crippen LogP contribution in [-0.2, 0) is 19.1 Å². The van der Waals surface area contributed by atoms with E-state index in [0.717, 1.165) is 70.6 Å². The van der Waals surface area contributed by atoms with Crippen molar-refractivity contribution >= 4 is 11.9 Å². The van der Waals surface area contributed by atoms with E-state index in [0.29, 0.717) is 19.3 Å². The molecule has 0 aliphatic heterocycles. The van der Waals surface area contributed by atoms with E-state index in [1.54, 1.807) is 6.08 Å². The maximum atomic E-state index is 12.0. The van der Waals surface area contributed by atoms with Gasteiger partial charge in [-0.1, -0.05) is 95.2 Å². The molecular formula is C29H50O6. The lowest BCUT2D eigenvalue weighted by molar-refractivity contribution is -0.161. The van der Waals surface area contributed by atoms with Gasteiger partial charge in [0.1, 0.15) is 6.61 Å². The van der Waals surface area contributed by atoms with Crippen molar-refractivity contribution in [3.63, 3.8) is 0 Å². The van der Waals surface area contributed by atoms with Gasteiger partial charge in [0.2, 0.25) is 0 Å². The van der Waals surface area contributed by atoms with Crippen LogP contribution in [0, 0.1) is 0 Å². The van der Waals surface area contributed by atoms with Crippen molar-refractivity contribution in [2.45, 2.75) is 122 Å². The van der Waals surface area contributed by atoms with E-state index in [2.05, 4.69) is 26.0 Å². The summed E-state index contributed by atoms with van der Waals surface area (Å²) >= 11 is 0. The van der Waals surface area contributed by atoms with Gasteiger partial charge >= 0.3 is 11.9 Å². The molecule has 0 rings (SSSR count). The van der Waals surface area contributed by atoms with Gasteiger partial charge in [-0.25, -0.2) is 0 Å². The first-order valence-corrected chi connectivity index (χ1v) is 13.7. The third-order valence-corrected chi connectivity index (χ3v) is 5.53.